The van der Waals surface area contributed by atoms with Crippen LogP contribution in [0.25, 0.3) is 0 Å². The van der Waals surface area contributed by atoms with Crippen LogP contribution in [0.3, 0.4) is 0 Å². The van der Waals surface area contributed by atoms with E-state index in [2.05, 4.69) is 31.9 Å². The number of carboxylic acids is 1. The Kier molecular flexibility index (Phi) is 6.82. The number of carboxylic acid groups (broad SMARTS) is 1. The molecule has 0 aromatic heterocycles. The van der Waals surface area contributed by atoms with Crippen LogP contribution >= 0.6 is 31.9 Å². The van der Waals surface area contributed by atoms with Crippen LogP contribution in [0.5, 0.6) is 5.75 Å². The molecule has 0 aliphatic heterocycles. The SMILES string of the molecule is CCOc1c(Br)cc(Br)cc1CN(C)CCC(=O)O. The predicted molar refractivity (Wildman–Crippen MR) is 81.6 cm³/mol. The van der Waals surface area contributed by atoms with Gasteiger partial charge in [-0.3, -0.25) is 4.79 Å². The summed E-state index contributed by atoms with van der Waals surface area (Å²) in [5.74, 6) is 0.0279. The van der Waals surface area contributed by atoms with Gasteiger partial charge in [0.15, 0.2) is 0 Å². The van der Waals surface area contributed by atoms with Crippen molar-refractivity contribution in [3.63, 3.8) is 0 Å². The maximum Gasteiger partial charge on any atom is 0.304 e. The van der Waals surface area contributed by atoms with Gasteiger partial charge in [-0.05, 0) is 42.0 Å². The van der Waals surface area contributed by atoms with Gasteiger partial charge in [0.2, 0.25) is 0 Å². The molecule has 1 N–H and O–H groups in total. The van der Waals surface area contributed by atoms with E-state index in [0.29, 0.717) is 19.7 Å². The van der Waals surface area contributed by atoms with Gasteiger partial charge in [0.1, 0.15) is 5.75 Å². The summed E-state index contributed by atoms with van der Waals surface area (Å²) in [7, 11) is 1.90. The van der Waals surface area contributed by atoms with Crippen molar-refractivity contribution in [1.29, 1.82) is 0 Å². The van der Waals surface area contributed by atoms with Crippen molar-refractivity contribution in [2.45, 2.75) is 19.9 Å². The number of hydrogen-bond donors (Lipinski definition) is 1. The molecule has 6 heteroatoms. The van der Waals surface area contributed by atoms with E-state index in [9.17, 15) is 4.79 Å². The minimum Gasteiger partial charge on any atom is -0.492 e. The molecule has 1 aromatic rings. The van der Waals surface area contributed by atoms with E-state index in [-0.39, 0.29) is 6.42 Å². The van der Waals surface area contributed by atoms with Crippen LogP contribution in [-0.4, -0.2) is 36.2 Å². The lowest BCUT2D eigenvalue weighted by atomic mass is 10.2. The van der Waals surface area contributed by atoms with Gasteiger partial charge in [0.25, 0.3) is 0 Å². The number of halogens is 2. The summed E-state index contributed by atoms with van der Waals surface area (Å²) in [4.78, 5) is 12.5. The molecule has 0 saturated carbocycles. The molecule has 0 bridgehead atoms. The fraction of sp³-hybridized carbons (Fsp3) is 0.462. The van der Waals surface area contributed by atoms with Crippen molar-refractivity contribution >= 4 is 37.8 Å². The minimum absolute atomic E-state index is 0.135. The van der Waals surface area contributed by atoms with Crippen LogP contribution in [0.2, 0.25) is 0 Å². The molecule has 1 rings (SSSR count). The first-order valence-electron chi connectivity index (χ1n) is 5.95. The molecule has 0 aliphatic carbocycles. The number of rotatable bonds is 7. The number of hydrogen-bond acceptors (Lipinski definition) is 3. The van der Waals surface area contributed by atoms with Crippen LogP contribution in [0.15, 0.2) is 21.1 Å². The number of carbonyl (C=O) groups is 1. The lowest BCUT2D eigenvalue weighted by Gasteiger charge is -2.19. The Morgan fingerprint density at radius 3 is 2.68 bits per heavy atom. The smallest absolute Gasteiger partial charge is 0.304 e. The third-order valence-electron chi connectivity index (χ3n) is 2.52. The van der Waals surface area contributed by atoms with Crippen molar-refractivity contribution in [2.24, 2.45) is 0 Å². The molecule has 0 unspecified atom stereocenters. The highest BCUT2D eigenvalue weighted by Crippen LogP contribution is 2.33. The summed E-state index contributed by atoms with van der Waals surface area (Å²) in [5, 5.41) is 8.69. The number of nitrogens with zero attached hydrogens (tertiary/aromatic N) is 1. The minimum atomic E-state index is -0.785. The van der Waals surface area contributed by atoms with E-state index < -0.39 is 5.97 Å². The van der Waals surface area contributed by atoms with Crippen molar-refractivity contribution in [1.82, 2.24) is 4.90 Å². The van der Waals surface area contributed by atoms with Crippen molar-refractivity contribution < 1.29 is 14.6 Å². The highest BCUT2D eigenvalue weighted by atomic mass is 79.9. The summed E-state index contributed by atoms with van der Waals surface area (Å²) < 4.78 is 7.49. The van der Waals surface area contributed by atoms with E-state index in [1.165, 1.54) is 0 Å². The Morgan fingerprint density at radius 2 is 2.11 bits per heavy atom. The molecule has 0 heterocycles. The first-order valence-corrected chi connectivity index (χ1v) is 7.53. The standard InChI is InChI=1S/C13H17Br2NO3/c1-3-19-13-9(6-10(14)7-11(13)15)8-16(2)5-4-12(17)18/h6-7H,3-5,8H2,1-2H3,(H,17,18). The normalized spacial score (nSPS) is 10.8. The average Bonchev–Trinajstić information content (AvgIpc) is 2.31. The van der Waals surface area contributed by atoms with Gasteiger partial charge in [-0.25, -0.2) is 0 Å². The fourth-order valence-electron chi connectivity index (χ4n) is 1.69. The van der Waals surface area contributed by atoms with E-state index in [1.54, 1.807) is 0 Å². The maximum atomic E-state index is 10.6. The Hall–Kier alpha value is -0.590. The van der Waals surface area contributed by atoms with Gasteiger partial charge >= 0.3 is 5.97 Å². The zero-order valence-corrected chi connectivity index (χ0v) is 14.1. The summed E-state index contributed by atoms with van der Waals surface area (Å²) in [6, 6.07) is 3.93. The van der Waals surface area contributed by atoms with Crippen molar-refractivity contribution in [2.75, 3.05) is 20.2 Å². The molecule has 4 nitrogen and oxygen atoms in total. The summed E-state index contributed by atoms with van der Waals surface area (Å²) in [6.45, 7) is 3.67. The molecular weight excluding hydrogens is 378 g/mol. The monoisotopic (exact) mass is 393 g/mol. The molecule has 0 aliphatic rings. The highest BCUT2D eigenvalue weighted by molar-refractivity contribution is 9.11. The number of ether oxygens (including phenoxy) is 1. The van der Waals surface area contributed by atoms with Crippen molar-refractivity contribution in [3.05, 3.63) is 26.6 Å². The van der Waals surface area contributed by atoms with Crippen LogP contribution in [-0.2, 0) is 11.3 Å². The molecule has 1 aromatic carbocycles. The summed E-state index contributed by atoms with van der Waals surface area (Å²) in [5.41, 5.74) is 1.02. The van der Waals surface area contributed by atoms with Crippen LogP contribution in [0.1, 0.15) is 18.9 Å². The number of benzene rings is 1. The lowest BCUT2D eigenvalue weighted by molar-refractivity contribution is -0.137. The molecule has 106 valence electrons. The molecule has 0 fully saturated rings. The van der Waals surface area contributed by atoms with Crippen LogP contribution in [0, 0.1) is 0 Å². The fourth-order valence-corrected chi connectivity index (χ4v) is 3.12. The third-order valence-corrected chi connectivity index (χ3v) is 3.57. The van der Waals surface area contributed by atoms with Crippen molar-refractivity contribution in [3.8, 4) is 5.75 Å². The zero-order chi connectivity index (χ0) is 14.4. The van der Waals surface area contributed by atoms with Gasteiger partial charge in [-0.15, -0.1) is 0 Å². The third kappa shape index (κ3) is 5.50. The van der Waals surface area contributed by atoms with Crippen LogP contribution < -0.4 is 4.74 Å². The topological polar surface area (TPSA) is 49.8 Å². The Balaban J connectivity index is 2.83. The maximum absolute atomic E-state index is 10.6. The molecule has 0 saturated heterocycles. The Bertz CT molecular complexity index is 452. The second-order valence-electron chi connectivity index (χ2n) is 4.19. The van der Waals surface area contributed by atoms with Gasteiger partial charge in [0, 0.05) is 23.1 Å². The first-order chi connectivity index (χ1) is 8.93. The second kappa shape index (κ2) is 7.87. The van der Waals surface area contributed by atoms with Crippen LogP contribution in [0.4, 0.5) is 0 Å². The van der Waals surface area contributed by atoms with E-state index >= 15 is 0 Å². The molecule has 0 amide bonds. The summed E-state index contributed by atoms with van der Waals surface area (Å²) >= 11 is 6.94. The molecule has 0 spiro atoms. The highest BCUT2D eigenvalue weighted by Gasteiger charge is 2.12. The second-order valence-corrected chi connectivity index (χ2v) is 5.96. The lowest BCUT2D eigenvalue weighted by Crippen LogP contribution is -2.21. The quantitative estimate of drug-likeness (QED) is 0.768. The zero-order valence-electron chi connectivity index (χ0n) is 10.9. The van der Waals surface area contributed by atoms with E-state index in [1.807, 2.05) is 31.0 Å². The van der Waals surface area contributed by atoms with E-state index in [0.717, 1.165) is 20.3 Å². The molecule has 0 radical (unpaired) electrons. The Labute approximate surface area is 130 Å². The van der Waals surface area contributed by atoms with E-state index in [4.69, 9.17) is 9.84 Å². The molecule has 19 heavy (non-hydrogen) atoms. The first kappa shape index (κ1) is 16.5. The predicted octanol–water partition coefficient (Wildman–Crippen LogP) is 3.52. The average molecular weight is 395 g/mol. The molecule has 0 atom stereocenters. The van der Waals surface area contributed by atoms with Gasteiger partial charge in [0.05, 0.1) is 17.5 Å². The number of aliphatic carboxylic acids is 1. The van der Waals surface area contributed by atoms with Gasteiger partial charge in [-0.2, -0.15) is 0 Å². The molecular formula is C13H17Br2NO3. The Morgan fingerprint density at radius 1 is 1.42 bits per heavy atom. The van der Waals surface area contributed by atoms with Gasteiger partial charge in [-0.1, -0.05) is 15.9 Å². The van der Waals surface area contributed by atoms with Gasteiger partial charge < -0.3 is 14.7 Å². The largest absolute Gasteiger partial charge is 0.492 e. The summed E-state index contributed by atoms with van der Waals surface area (Å²) in [6.07, 6.45) is 0.135.